The Hall–Kier alpha value is -1.76. The van der Waals surface area contributed by atoms with E-state index in [4.69, 9.17) is 25.6 Å². The number of methoxy groups -OCH3 is 2. The Morgan fingerprint density at radius 2 is 2.04 bits per heavy atom. The zero-order chi connectivity index (χ0) is 16.8. The van der Waals surface area contributed by atoms with Crippen LogP contribution < -0.4 is 14.8 Å². The van der Waals surface area contributed by atoms with Gasteiger partial charge in [-0.05, 0) is 37.7 Å². The molecule has 1 N–H and O–H groups in total. The maximum Gasteiger partial charge on any atom is 0.250 e. The molecule has 0 fully saturated rings. The summed E-state index contributed by atoms with van der Waals surface area (Å²) in [5, 5.41) is 7.55. The lowest BCUT2D eigenvalue weighted by Crippen LogP contribution is -2.24. The molecule has 0 aliphatic carbocycles. The van der Waals surface area contributed by atoms with Crippen LogP contribution in [-0.4, -0.2) is 37.4 Å². The molecular formula is C16H21Cl2N3O3. The van der Waals surface area contributed by atoms with Gasteiger partial charge in [-0.15, -0.1) is 12.4 Å². The van der Waals surface area contributed by atoms with Gasteiger partial charge in [-0.3, -0.25) is 0 Å². The van der Waals surface area contributed by atoms with Crippen molar-refractivity contribution in [1.82, 2.24) is 15.5 Å². The molecule has 0 saturated heterocycles. The number of hydrogen-bond donors (Lipinski definition) is 1. The molecule has 2 aromatic rings. The largest absolute Gasteiger partial charge is 0.493 e. The van der Waals surface area contributed by atoms with E-state index in [-0.39, 0.29) is 18.4 Å². The Balaban J connectivity index is 0.00000288. The monoisotopic (exact) mass is 373 g/mol. The van der Waals surface area contributed by atoms with Crippen LogP contribution in [0.3, 0.4) is 0 Å². The summed E-state index contributed by atoms with van der Waals surface area (Å²) in [7, 11) is 5.01. The first-order chi connectivity index (χ1) is 11.1. The quantitative estimate of drug-likeness (QED) is 0.800. The maximum absolute atomic E-state index is 6.18. The normalized spacial score (nSPS) is 12.0. The van der Waals surface area contributed by atoms with Crippen molar-refractivity contribution in [2.24, 2.45) is 0 Å². The van der Waals surface area contributed by atoms with E-state index >= 15 is 0 Å². The Morgan fingerprint density at radius 1 is 1.29 bits per heavy atom. The van der Waals surface area contributed by atoms with Crippen LogP contribution in [0.15, 0.2) is 16.7 Å². The Labute approximate surface area is 152 Å². The summed E-state index contributed by atoms with van der Waals surface area (Å²) in [5.74, 6) is 2.17. The number of nitrogens with zero attached hydrogens (tertiary/aromatic N) is 2. The van der Waals surface area contributed by atoms with Crippen molar-refractivity contribution in [3.63, 3.8) is 0 Å². The minimum atomic E-state index is 0. The summed E-state index contributed by atoms with van der Waals surface area (Å²) in [4.78, 5) is 4.32. The predicted octanol–water partition coefficient (Wildman–Crippen LogP) is 3.48. The predicted molar refractivity (Wildman–Crippen MR) is 97.3 cm³/mol. The average molecular weight is 374 g/mol. The average Bonchev–Trinajstić information content (AvgIpc) is 2.99. The summed E-state index contributed by atoms with van der Waals surface area (Å²) in [6.45, 7) is 2.05. The second kappa shape index (κ2) is 9.52. The molecule has 0 spiro atoms. The number of ether oxygens (including phenoxy) is 2. The molecule has 24 heavy (non-hydrogen) atoms. The lowest BCUT2D eigenvalue weighted by atomic mass is 10.2. The van der Waals surface area contributed by atoms with Crippen molar-refractivity contribution >= 4 is 36.2 Å². The van der Waals surface area contributed by atoms with Crippen molar-refractivity contribution < 1.29 is 14.0 Å². The van der Waals surface area contributed by atoms with E-state index in [0.29, 0.717) is 34.7 Å². The highest BCUT2D eigenvalue weighted by Gasteiger charge is 2.10. The number of halogens is 2. The van der Waals surface area contributed by atoms with Gasteiger partial charge in [0.15, 0.2) is 17.3 Å². The Kier molecular flexibility index (Phi) is 8.04. The fourth-order valence-corrected chi connectivity index (χ4v) is 2.29. The van der Waals surface area contributed by atoms with Gasteiger partial charge in [0.1, 0.15) is 0 Å². The second-order valence-electron chi connectivity index (χ2n) is 5.01. The van der Waals surface area contributed by atoms with Crippen molar-refractivity contribution in [1.29, 1.82) is 0 Å². The molecule has 0 amide bonds. The van der Waals surface area contributed by atoms with Gasteiger partial charge in [0.2, 0.25) is 0 Å². The van der Waals surface area contributed by atoms with Crippen LogP contribution in [0, 0.1) is 0 Å². The fourth-order valence-electron chi connectivity index (χ4n) is 2.00. The smallest absolute Gasteiger partial charge is 0.250 e. The topological polar surface area (TPSA) is 69.4 Å². The van der Waals surface area contributed by atoms with Crippen LogP contribution in [0.1, 0.15) is 24.2 Å². The standard InChI is InChI=1S/C16H20ClN3O3.ClH/c1-10(18-2)7-14-19-15(23-20-14)6-5-11-8-12(17)16(22-4)13(9-11)21-3;/h5-6,8-10,18H,7H2,1-4H3;1H/b6-5+;. The molecule has 6 nitrogen and oxygen atoms in total. The van der Waals surface area contributed by atoms with E-state index < -0.39 is 0 Å². The van der Waals surface area contributed by atoms with Crippen molar-refractivity contribution in [2.75, 3.05) is 21.3 Å². The first-order valence-corrected chi connectivity index (χ1v) is 7.54. The molecule has 0 saturated carbocycles. The van der Waals surface area contributed by atoms with Gasteiger partial charge in [-0.25, -0.2) is 0 Å². The first kappa shape index (κ1) is 20.3. The van der Waals surface area contributed by atoms with E-state index in [1.807, 2.05) is 19.2 Å². The number of likely N-dealkylation sites (N-methyl/N-ethyl adjacent to an activating group) is 1. The molecule has 1 unspecified atom stereocenters. The third kappa shape index (κ3) is 5.12. The molecule has 132 valence electrons. The zero-order valence-electron chi connectivity index (χ0n) is 14.0. The lowest BCUT2D eigenvalue weighted by Gasteiger charge is -2.09. The summed E-state index contributed by atoms with van der Waals surface area (Å²) in [5.41, 5.74) is 0.844. The second-order valence-corrected chi connectivity index (χ2v) is 5.42. The molecule has 8 heteroatoms. The van der Waals surface area contributed by atoms with Crippen molar-refractivity contribution in [3.05, 3.63) is 34.4 Å². The van der Waals surface area contributed by atoms with Crippen molar-refractivity contribution in [2.45, 2.75) is 19.4 Å². The van der Waals surface area contributed by atoms with E-state index in [2.05, 4.69) is 22.4 Å². The molecule has 1 atom stereocenters. The third-order valence-electron chi connectivity index (χ3n) is 3.34. The molecule has 0 aliphatic heterocycles. The van der Waals surface area contributed by atoms with Gasteiger partial charge in [-0.1, -0.05) is 16.8 Å². The molecular weight excluding hydrogens is 353 g/mol. The number of hydrogen-bond acceptors (Lipinski definition) is 6. The van der Waals surface area contributed by atoms with Crippen LogP contribution in [-0.2, 0) is 6.42 Å². The molecule has 1 aromatic carbocycles. The Bertz CT molecular complexity index is 689. The Morgan fingerprint density at radius 3 is 2.67 bits per heavy atom. The highest BCUT2D eigenvalue weighted by atomic mass is 35.5. The molecule has 2 rings (SSSR count). The van der Waals surface area contributed by atoms with Crippen molar-refractivity contribution in [3.8, 4) is 11.5 Å². The van der Waals surface area contributed by atoms with Gasteiger partial charge in [-0.2, -0.15) is 4.98 Å². The van der Waals surface area contributed by atoms with Gasteiger partial charge in [0.25, 0.3) is 5.89 Å². The van der Waals surface area contributed by atoms with E-state index in [9.17, 15) is 0 Å². The minimum Gasteiger partial charge on any atom is -0.493 e. The van der Waals surface area contributed by atoms with E-state index in [0.717, 1.165) is 5.56 Å². The van der Waals surface area contributed by atoms with E-state index in [1.54, 1.807) is 26.4 Å². The van der Waals surface area contributed by atoms with Gasteiger partial charge >= 0.3 is 0 Å². The highest BCUT2D eigenvalue weighted by Crippen LogP contribution is 2.36. The van der Waals surface area contributed by atoms with Crippen LogP contribution in [0.5, 0.6) is 11.5 Å². The first-order valence-electron chi connectivity index (χ1n) is 7.16. The summed E-state index contributed by atoms with van der Waals surface area (Å²) < 4.78 is 15.7. The maximum atomic E-state index is 6.18. The molecule has 1 heterocycles. The van der Waals surface area contributed by atoms with Crippen LogP contribution in [0.4, 0.5) is 0 Å². The summed E-state index contributed by atoms with van der Waals surface area (Å²) in [6.07, 6.45) is 4.26. The summed E-state index contributed by atoms with van der Waals surface area (Å²) in [6, 6.07) is 3.88. The lowest BCUT2D eigenvalue weighted by molar-refractivity contribution is 0.355. The fraction of sp³-hybridized carbons (Fsp3) is 0.375. The number of aromatic nitrogens is 2. The van der Waals surface area contributed by atoms with Gasteiger partial charge in [0, 0.05) is 18.5 Å². The molecule has 0 aliphatic rings. The molecule has 0 bridgehead atoms. The van der Waals surface area contributed by atoms with Gasteiger partial charge < -0.3 is 19.3 Å². The molecule has 0 radical (unpaired) electrons. The number of nitrogens with one attached hydrogen (secondary N) is 1. The summed E-state index contributed by atoms with van der Waals surface area (Å²) >= 11 is 6.18. The van der Waals surface area contributed by atoms with Crippen LogP contribution in [0.25, 0.3) is 12.2 Å². The SMILES string of the molecule is CNC(C)Cc1noc(/C=C/c2cc(Cl)c(OC)c(OC)c2)n1.Cl. The minimum absolute atomic E-state index is 0. The zero-order valence-corrected chi connectivity index (χ0v) is 15.6. The third-order valence-corrected chi connectivity index (χ3v) is 3.62. The van der Waals surface area contributed by atoms with Crippen LogP contribution in [0.2, 0.25) is 5.02 Å². The van der Waals surface area contributed by atoms with Gasteiger partial charge in [0.05, 0.1) is 19.2 Å². The highest BCUT2D eigenvalue weighted by molar-refractivity contribution is 6.32. The molecule has 1 aromatic heterocycles. The number of rotatable bonds is 7. The number of benzene rings is 1. The van der Waals surface area contributed by atoms with E-state index in [1.165, 1.54) is 0 Å². The van der Waals surface area contributed by atoms with Crippen LogP contribution >= 0.6 is 24.0 Å².